The van der Waals surface area contributed by atoms with E-state index in [1.165, 1.54) is 12.1 Å². The lowest BCUT2D eigenvalue weighted by molar-refractivity contribution is 0.628. The molecule has 0 aliphatic carbocycles. The molecule has 0 bridgehead atoms. The highest BCUT2D eigenvalue weighted by atomic mass is 19.1. The molecule has 0 amide bonds. The van der Waals surface area contributed by atoms with Crippen LogP contribution in [0, 0.1) is 12.7 Å². The zero-order valence-electron chi connectivity index (χ0n) is 11.4. The zero-order valence-corrected chi connectivity index (χ0v) is 11.4. The van der Waals surface area contributed by atoms with Crippen LogP contribution in [0.2, 0.25) is 0 Å². The number of hydrogen-bond donors (Lipinski definition) is 3. The lowest BCUT2D eigenvalue weighted by atomic mass is 10.3. The van der Waals surface area contributed by atoms with Crippen molar-refractivity contribution in [1.82, 2.24) is 9.97 Å². The monoisotopic (exact) mass is 275 g/mol. The van der Waals surface area contributed by atoms with Crippen LogP contribution in [-0.2, 0) is 0 Å². The van der Waals surface area contributed by atoms with Crippen LogP contribution in [0.15, 0.2) is 30.5 Å². The molecule has 0 fully saturated rings. The second kappa shape index (κ2) is 6.81. The van der Waals surface area contributed by atoms with Crippen molar-refractivity contribution < 1.29 is 4.39 Å². The smallest absolute Gasteiger partial charge is 0.229 e. The van der Waals surface area contributed by atoms with Crippen LogP contribution in [0.25, 0.3) is 0 Å². The van der Waals surface area contributed by atoms with Crippen molar-refractivity contribution in [2.45, 2.75) is 13.3 Å². The maximum atomic E-state index is 12.8. The average Bonchev–Trinajstić information content (AvgIpc) is 2.45. The second-order valence-corrected chi connectivity index (χ2v) is 4.43. The summed E-state index contributed by atoms with van der Waals surface area (Å²) < 4.78 is 12.8. The van der Waals surface area contributed by atoms with Crippen LogP contribution in [0.4, 0.5) is 21.8 Å². The van der Waals surface area contributed by atoms with Gasteiger partial charge in [0.2, 0.25) is 5.95 Å². The highest BCUT2D eigenvalue weighted by Gasteiger charge is 2.04. The number of hydrogen-bond acceptors (Lipinski definition) is 5. The minimum atomic E-state index is -0.274. The number of anilines is 3. The van der Waals surface area contributed by atoms with E-state index in [-0.39, 0.29) is 5.82 Å². The summed E-state index contributed by atoms with van der Waals surface area (Å²) in [6.45, 7) is 3.34. The molecule has 0 aliphatic heterocycles. The normalized spacial score (nSPS) is 10.3. The van der Waals surface area contributed by atoms with Gasteiger partial charge in [-0.15, -0.1) is 0 Å². The minimum absolute atomic E-state index is 0.274. The third kappa shape index (κ3) is 3.89. The van der Waals surface area contributed by atoms with Crippen molar-refractivity contribution in [3.8, 4) is 0 Å². The van der Waals surface area contributed by atoms with E-state index in [1.807, 2.05) is 6.92 Å². The summed E-state index contributed by atoms with van der Waals surface area (Å²) >= 11 is 0. The maximum absolute atomic E-state index is 12.8. The number of nitrogens with zero attached hydrogens (tertiary/aromatic N) is 2. The first kappa shape index (κ1) is 14.2. The molecular formula is C14H18FN5. The van der Waals surface area contributed by atoms with Crippen LogP contribution < -0.4 is 16.4 Å². The molecule has 2 rings (SSSR count). The number of benzene rings is 1. The Morgan fingerprint density at radius 2 is 2.00 bits per heavy atom. The molecule has 106 valence electrons. The van der Waals surface area contributed by atoms with Gasteiger partial charge in [-0.2, -0.15) is 4.98 Å². The van der Waals surface area contributed by atoms with Gasteiger partial charge in [-0.1, -0.05) is 0 Å². The first-order valence-corrected chi connectivity index (χ1v) is 6.49. The molecule has 1 aromatic heterocycles. The fourth-order valence-electron chi connectivity index (χ4n) is 1.65. The van der Waals surface area contributed by atoms with Crippen LogP contribution in [0.5, 0.6) is 0 Å². The van der Waals surface area contributed by atoms with E-state index in [9.17, 15) is 4.39 Å². The number of halogens is 1. The summed E-state index contributed by atoms with van der Waals surface area (Å²) in [5.74, 6) is 0.972. The number of rotatable bonds is 6. The summed E-state index contributed by atoms with van der Waals surface area (Å²) in [7, 11) is 0. The Morgan fingerprint density at radius 3 is 2.70 bits per heavy atom. The van der Waals surface area contributed by atoms with Gasteiger partial charge < -0.3 is 16.4 Å². The third-order valence-electron chi connectivity index (χ3n) is 2.75. The predicted octanol–water partition coefficient (Wildman–Crippen LogP) is 2.43. The summed E-state index contributed by atoms with van der Waals surface area (Å²) in [6.07, 6.45) is 2.62. The molecule has 5 nitrogen and oxygen atoms in total. The van der Waals surface area contributed by atoms with E-state index in [4.69, 9.17) is 5.73 Å². The van der Waals surface area contributed by atoms with Gasteiger partial charge >= 0.3 is 0 Å². The Labute approximate surface area is 117 Å². The van der Waals surface area contributed by atoms with Gasteiger partial charge in [-0.05, 0) is 44.2 Å². The van der Waals surface area contributed by atoms with Gasteiger partial charge in [-0.3, -0.25) is 0 Å². The first-order chi connectivity index (χ1) is 9.69. The van der Waals surface area contributed by atoms with Crippen molar-refractivity contribution in [2.75, 3.05) is 23.7 Å². The lowest BCUT2D eigenvalue weighted by Gasteiger charge is -2.10. The van der Waals surface area contributed by atoms with Gasteiger partial charge in [0, 0.05) is 24.0 Å². The highest BCUT2D eigenvalue weighted by molar-refractivity contribution is 5.55. The molecule has 0 aliphatic rings. The SMILES string of the molecule is Cc1cnc(Nc2ccc(F)cc2)nc1NCCCN. The summed E-state index contributed by atoms with van der Waals surface area (Å²) in [6, 6.07) is 6.05. The van der Waals surface area contributed by atoms with Crippen molar-refractivity contribution in [2.24, 2.45) is 5.73 Å². The van der Waals surface area contributed by atoms with Gasteiger partial charge in [0.1, 0.15) is 11.6 Å². The molecule has 0 radical (unpaired) electrons. The average molecular weight is 275 g/mol. The molecule has 6 heteroatoms. The van der Waals surface area contributed by atoms with Gasteiger partial charge in [0.25, 0.3) is 0 Å². The quantitative estimate of drug-likeness (QED) is 0.706. The van der Waals surface area contributed by atoms with Gasteiger partial charge in [0.05, 0.1) is 0 Å². The Bertz CT molecular complexity index is 556. The Hall–Kier alpha value is -2.21. The van der Waals surface area contributed by atoms with Crippen LogP contribution in [0.1, 0.15) is 12.0 Å². The molecule has 4 N–H and O–H groups in total. The van der Waals surface area contributed by atoms with Crippen molar-refractivity contribution >= 4 is 17.5 Å². The number of nitrogens with two attached hydrogens (primary N) is 1. The second-order valence-electron chi connectivity index (χ2n) is 4.43. The highest BCUT2D eigenvalue weighted by Crippen LogP contribution is 2.17. The van der Waals surface area contributed by atoms with Gasteiger partial charge in [-0.25, -0.2) is 9.37 Å². The zero-order chi connectivity index (χ0) is 14.4. The number of aromatic nitrogens is 2. The Balaban J connectivity index is 2.08. The van der Waals surface area contributed by atoms with Crippen molar-refractivity contribution in [3.63, 3.8) is 0 Å². The molecule has 2 aromatic rings. The van der Waals surface area contributed by atoms with Crippen LogP contribution >= 0.6 is 0 Å². The van der Waals surface area contributed by atoms with E-state index in [2.05, 4.69) is 20.6 Å². The Morgan fingerprint density at radius 1 is 1.25 bits per heavy atom. The molecule has 0 atom stereocenters. The summed E-state index contributed by atoms with van der Waals surface area (Å²) in [5.41, 5.74) is 7.16. The lowest BCUT2D eigenvalue weighted by Crippen LogP contribution is -2.11. The fraction of sp³-hybridized carbons (Fsp3) is 0.286. The summed E-state index contributed by atoms with van der Waals surface area (Å²) in [5, 5.41) is 6.25. The van der Waals surface area contributed by atoms with E-state index < -0.39 is 0 Å². The summed E-state index contributed by atoms with van der Waals surface area (Å²) in [4.78, 5) is 8.60. The molecule has 0 unspecified atom stereocenters. The first-order valence-electron chi connectivity index (χ1n) is 6.49. The van der Waals surface area contributed by atoms with E-state index >= 15 is 0 Å². The molecule has 0 saturated carbocycles. The van der Waals surface area contributed by atoms with E-state index in [0.29, 0.717) is 12.5 Å². The van der Waals surface area contributed by atoms with Gasteiger partial charge in [0.15, 0.2) is 0 Å². The van der Waals surface area contributed by atoms with Crippen molar-refractivity contribution in [3.05, 3.63) is 41.8 Å². The Kier molecular flexibility index (Phi) is 4.84. The topological polar surface area (TPSA) is 75.9 Å². The molecule has 1 aromatic carbocycles. The number of nitrogens with one attached hydrogen (secondary N) is 2. The maximum Gasteiger partial charge on any atom is 0.229 e. The molecular weight excluding hydrogens is 257 g/mol. The predicted molar refractivity (Wildman–Crippen MR) is 78.6 cm³/mol. The fourth-order valence-corrected chi connectivity index (χ4v) is 1.65. The number of aryl methyl sites for hydroxylation is 1. The minimum Gasteiger partial charge on any atom is -0.370 e. The van der Waals surface area contributed by atoms with E-state index in [0.717, 1.165) is 30.0 Å². The molecule has 0 saturated heterocycles. The van der Waals surface area contributed by atoms with Crippen molar-refractivity contribution in [1.29, 1.82) is 0 Å². The molecule has 20 heavy (non-hydrogen) atoms. The van der Waals surface area contributed by atoms with Crippen LogP contribution in [-0.4, -0.2) is 23.1 Å². The molecule has 1 heterocycles. The molecule has 0 spiro atoms. The van der Waals surface area contributed by atoms with E-state index in [1.54, 1.807) is 18.3 Å². The standard InChI is InChI=1S/C14H18FN5/c1-10-9-18-14(20-13(10)17-8-2-7-16)19-12-5-3-11(15)4-6-12/h3-6,9H,2,7-8,16H2,1H3,(H2,17,18,19,20). The third-order valence-corrected chi connectivity index (χ3v) is 2.75. The van der Waals surface area contributed by atoms with Crippen LogP contribution in [0.3, 0.4) is 0 Å². The largest absolute Gasteiger partial charge is 0.370 e.